The number of hydrogen-bond acceptors (Lipinski definition) is 6. The number of hydrogen-bond donors (Lipinski definition) is 1. The van der Waals surface area contributed by atoms with E-state index in [4.69, 9.17) is 4.74 Å². The van der Waals surface area contributed by atoms with Gasteiger partial charge in [-0.1, -0.05) is 47.8 Å². The van der Waals surface area contributed by atoms with Crippen LogP contribution in [0, 0.1) is 0 Å². The van der Waals surface area contributed by atoms with Crippen molar-refractivity contribution in [2.24, 2.45) is 0 Å². The molecule has 0 saturated heterocycles. The molecule has 0 unspecified atom stereocenters. The summed E-state index contributed by atoms with van der Waals surface area (Å²) in [7, 11) is 0. The van der Waals surface area contributed by atoms with E-state index in [2.05, 4.69) is 14.9 Å². The zero-order chi connectivity index (χ0) is 16.9. The van der Waals surface area contributed by atoms with Gasteiger partial charge in [-0.25, -0.2) is 4.79 Å². The topological polar surface area (TPSA) is 81.2 Å². The third-order valence-corrected chi connectivity index (χ3v) is 4.22. The van der Waals surface area contributed by atoms with Crippen LogP contribution in [0.1, 0.15) is 22.3 Å². The highest BCUT2D eigenvalue weighted by atomic mass is 32.1. The number of rotatable bonds is 5. The molecule has 1 heterocycles. The fourth-order valence-electron chi connectivity index (χ4n) is 2.31. The number of fused-ring (bicyclic) bond motifs is 1. The number of amides is 1. The van der Waals surface area contributed by atoms with Crippen LogP contribution in [0.25, 0.3) is 10.8 Å². The van der Waals surface area contributed by atoms with Gasteiger partial charge >= 0.3 is 5.97 Å². The van der Waals surface area contributed by atoms with Gasteiger partial charge in [0.25, 0.3) is 5.91 Å². The van der Waals surface area contributed by atoms with E-state index in [1.54, 1.807) is 0 Å². The molecule has 1 amide bonds. The normalized spacial score (nSPS) is 10.5. The Labute approximate surface area is 142 Å². The smallest absolute Gasteiger partial charge is 0.352 e. The van der Waals surface area contributed by atoms with Crippen molar-refractivity contribution in [3.63, 3.8) is 0 Å². The zero-order valence-corrected chi connectivity index (χ0v) is 13.8. The SMILES string of the molecule is CCc1nnsc1C(=O)OCC(=O)Nc1cccc2ccccc12. The first-order valence-corrected chi connectivity index (χ1v) is 8.22. The van der Waals surface area contributed by atoms with Crippen LogP contribution in [0.5, 0.6) is 0 Å². The third kappa shape index (κ3) is 3.41. The number of carbonyl (C=O) groups is 2. The summed E-state index contributed by atoms with van der Waals surface area (Å²) in [5.41, 5.74) is 1.27. The number of nitrogens with zero attached hydrogens (tertiary/aromatic N) is 2. The van der Waals surface area contributed by atoms with Crippen LogP contribution in [0.15, 0.2) is 42.5 Å². The van der Waals surface area contributed by atoms with Crippen LogP contribution in [0.2, 0.25) is 0 Å². The van der Waals surface area contributed by atoms with Crippen LogP contribution < -0.4 is 5.32 Å². The summed E-state index contributed by atoms with van der Waals surface area (Å²) in [4.78, 5) is 24.4. The monoisotopic (exact) mass is 341 g/mol. The average molecular weight is 341 g/mol. The maximum absolute atomic E-state index is 12.1. The largest absolute Gasteiger partial charge is 0.451 e. The summed E-state index contributed by atoms with van der Waals surface area (Å²) < 4.78 is 8.79. The van der Waals surface area contributed by atoms with Crippen molar-refractivity contribution in [2.45, 2.75) is 13.3 Å². The van der Waals surface area contributed by atoms with E-state index in [0.717, 1.165) is 22.3 Å². The van der Waals surface area contributed by atoms with Gasteiger partial charge in [-0.15, -0.1) is 5.10 Å². The van der Waals surface area contributed by atoms with E-state index in [-0.39, 0.29) is 6.61 Å². The number of esters is 1. The molecule has 0 spiro atoms. The molecule has 0 aliphatic carbocycles. The van der Waals surface area contributed by atoms with E-state index in [1.807, 2.05) is 49.4 Å². The molecule has 0 aliphatic heterocycles. The van der Waals surface area contributed by atoms with Gasteiger partial charge in [-0.2, -0.15) is 0 Å². The van der Waals surface area contributed by atoms with E-state index in [9.17, 15) is 9.59 Å². The fourth-order valence-corrected chi connectivity index (χ4v) is 2.96. The molecule has 0 aliphatic rings. The standard InChI is InChI=1S/C17H15N3O3S/c1-2-13-16(24-20-19-13)17(22)23-10-15(21)18-14-9-5-7-11-6-3-4-8-12(11)14/h3-9H,2,10H2,1H3,(H,18,21). The Hall–Kier alpha value is -2.80. The van der Waals surface area contributed by atoms with Gasteiger partial charge < -0.3 is 10.1 Å². The zero-order valence-electron chi connectivity index (χ0n) is 13.0. The molecular formula is C17H15N3O3S. The molecule has 1 N–H and O–H groups in total. The molecule has 122 valence electrons. The van der Waals surface area contributed by atoms with Crippen molar-refractivity contribution in [3.05, 3.63) is 53.0 Å². The maximum atomic E-state index is 12.1. The summed E-state index contributed by atoms with van der Waals surface area (Å²) >= 11 is 0.972. The van der Waals surface area contributed by atoms with Crippen LogP contribution in [-0.4, -0.2) is 28.1 Å². The minimum atomic E-state index is -0.574. The Morgan fingerprint density at radius 2 is 1.96 bits per heavy atom. The molecule has 0 radical (unpaired) electrons. The summed E-state index contributed by atoms with van der Waals surface area (Å²) in [6.45, 7) is 1.52. The Bertz CT molecular complexity index is 886. The number of nitrogens with one attached hydrogen (secondary N) is 1. The lowest BCUT2D eigenvalue weighted by Crippen LogP contribution is -2.21. The molecule has 2 aromatic carbocycles. The minimum absolute atomic E-state index is 0.343. The second-order valence-electron chi connectivity index (χ2n) is 5.05. The Morgan fingerprint density at radius 3 is 2.79 bits per heavy atom. The third-order valence-electron chi connectivity index (χ3n) is 3.47. The summed E-state index contributed by atoms with van der Waals surface area (Å²) in [6.07, 6.45) is 0.586. The number of aryl methyl sites for hydroxylation is 1. The number of ether oxygens (including phenoxy) is 1. The summed E-state index contributed by atoms with van der Waals surface area (Å²) in [5, 5.41) is 8.58. The van der Waals surface area contributed by atoms with Crippen LogP contribution in [-0.2, 0) is 16.0 Å². The van der Waals surface area contributed by atoms with Crippen molar-refractivity contribution < 1.29 is 14.3 Å². The fraction of sp³-hybridized carbons (Fsp3) is 0.176. The predicted molar refractivity (Wildman–Crippen MR) is 92.1 cm³/mol. The summed E-state index contributed by atoms with van der Waals surface area (Å²) in [5.74, 6) is -0.967. The molecule has 3 aromatic rings. The highest BCUT2D eigenvalue weighted by molar-refractivity contribution is 7.07. The number of aromatic nitrogens is 2. The van der Waals surface area contributed by atoms with E-state index >= 15 is 0 Å². The lowest BCUT2D eigenvalue weighted by atomic mass is 10.1. The van der Waals surface area contributed by atoms with Gasteiger partial charge in [-0.05, 0) is 29.4 Å². The molecule has 0 bridgehead atoms. The van der Waals surface area contributed by atoms with Gasteiger partial charge in [0.1, 0.15) is 0 Å². The summed E-state index contributed by atoms with van der Waals surface area (Å²) in [6, 6.07) is 13.4. The van der Waals surface area contributed by atoms with Crippen LogP contribution in [0.4, 0.5) is 5.69 Å². The number of anilines is 1. The van der Waals surface area contributed by atoms with Gasteiger partial charge in [0.05, 0.1) is 5.69 Å². The average Bonchev–Trinajstić information content (AvgIpc) is 3.09. The van der Waals surface area contributed by atoms with Crippen molar-refractivity contribution in [3.8, 4) is 0 Å². The predicted octanol–water partition coefficient (Wildman–Crippen LogP) is 3.05. The minimum Gasteiger partial charge on any atom is -0.451 e. The maximum Gasteiger partial charge on any atom is 0.352 e. The molecule has 0 saturated carbocycles. The van der Waals surface area contributed by atoms with Crippen molar-refractivity contribution in [1.29, 1.82) is 0 Å². The van der Waals surface area contributed by atoms with E-state index < -0.39 is 11.9 Å². The first kappa shape index (κ1) is 16.1. The van der Waals surface area contributed by atoms with Crippen molar-refractivity contribution in [2.75, 3.05) is 11.9 Å². The first-order valence-electron chi connectivity index (χ1n) is 7.45. The van der Waals surface area contributed by atoms with Crippen LogP contribution >= 0.6 is 11.5 Å². The molecular weight excluding hydrogens is 326 g/mol. The van der Waals surface area contributed by atoms with Gasteiger partial charge in [-0.3, -0.25) is 4.79 Å². The van der Waals surface area contributed by atoms with Crippen molar-refractivity contribution >= 4 is 39.9 Å². The van der Waals surface area contributed by atoms with E-state index in [1.165, 1.54) is 0 Å². The highest BCUT2D eigenvalue weighted by Crippen LogP contribution is 2.22. The lowest BCUT2D eigenvalue weighted by molar-refractivity contribution is -0.119. The molecule has 3 rings (SSSR count). The van der Waals surface area contributed by atoms with E-state index in [0.29, 0.717) is 22.7 Å². The molecule has 0 atom stereocenters. The molecule has 24 heavy (non-hydrogen) atoms. The Kier molecular flexibility index (Phi) is 4.81. The number of benzene rings is 2. The number of carbonyl (C=O) groups excluding carboxylic acids is 2. The van der Waals surface area contributed by atoms with Crippen molar-refractivity contribution in [1.82, 2.24) is 9.59 Å². The molecule has 6 nitrogen and oxygen atoms in total. The second-order valence-corrected chi connectivity index (χ2v) is 5.81. The van der Waals surface area contributed by atoms with Gasteiger partial charge in [0, 0.05) is 11.1 Å². The molecule has 1 aromatic heterocycles. The molecule has 0 fully saturated rings. The Balaban J connectivity index is 1.64. The first-order chi connectivity index (χ1) is 11.7. The van der Waals surface area contributed by atoms with Gasteiger partial charge in [0.2, 0.25) is 0 Å². The van der Waals surface area contributed by atoms with Crippen LogP contribution in [0.3, 0.4) is 0 Å². The highest BCUT2D eigenvalue weighted by Gasteiger charge is 2.18. The van der Waals surface area contributed by atoms with Gasteiger partial charge in [0.15, 0.2) is 11.5 Å². The Morgan fingerprint density at radius 1 is 1.17 bits per heavy atom. The quantitative estimate of drug-likeness (QED) is 0.721. The molecule has 7 heteroatoms. The second kappa shape index (κ2) is 7.18. The lowest BCUT2D eigenvalue weighted by Gasteiger charge is -2.09.